The maximum absolute atomic E-state index is 11.6. The van der Waals surface area contributed by atoms with Crippen LogP contribution in [0.25, 0.3) is 0 Å². The van der Waals surface area contributed by atoms with E-state index in [1.54, 1.807) is 0 Å². The molecule has 84 valence electrons. The molecule has 2 unspecified atom stereocenters. The Balaban J connectivity index is 2.63. The topological polar surface area (TPSA) is 53.3 Å². The van der Waals surface area contributed by atoms with Gasteiger partial charge in [-0.05, 0) is 32.7 Å². The number of carbonyl (C=O) groups excluding carboxylic acids is 1. The molecule has 0 aromatic rings. The molecular formula is C11H18N2O2. The maximum Gasteiger partial charge on any atom is 0.323 e. The minimum absolute atomic E-state index is 0.0969. The molecule has 0 radical (unpaired) electrons. The average molecular weight is 210 g/mol. The number of hydrogen-bond acceptors (Lipinski definition) is 4. The van der Waals surface area contributed by atoms with Crippen LogP contribution in [0.4, 0.5) is 0 Å². The molecule has 1 fully saturated rings. The zero-order valence-electron chi connectivity index (χ0n) is 9.56. The smallest absolute Gasteiger partial charge is 0.323 e. The van der Waals surface area contributed by atoms with E-state index in [1.165, 1.54) is 7.11 Å². The summed E-state index contributed by atoms with van der Waals surface area (Å²) < 4.78 is 4.80. The SMILES string of the molecule is COC(=O)C(C1CC1)N(C)C(C)CC#N. The lowest BCUT2D eigenvalue weighted by molar-refractivity contribution is -0.148. The van der Waals surface area contributed by atoms with Crippen molar-refractivity contribution in [2.24, 2.45) is 5.92 Å². The molecule has 0 N–H and O–H groups in total. The summed E-state index contributed by atoms with van der Waals surface area (Å²) in [5.74, 6) is 0.244. The molecule has 4 nitrogen and oxygen atoms in total. The van der Waals surface area contributed by atoms with Gasteiger partial charge in [0.15, 0.2) is 0 Å². The third-order valence-electron chi connectivity index (χ3n) is 3.03. The highest BCUT2D eigenvalue weighted by atomic mass is 16.5. The summed E-state index contributed by atoms with van der Waals surface area (Å²) in [5.41, 5.74) is 0. The van der Waals surface area contributed by atoms with E-state index < -0.39 is 0 Å². The van der Waals surface area contributed by atoms with Gasteiger partial charge < -0.3 is 4.74 Å². The van der Waals surface area contributed by atoms with Crippen molar-refractivity contribution in [1.82, 2.24) is 4.90 Å². The van der Waals surface area contributed by atoms with E-state index in [1.807, 2.05) is 18.9 Å². The van der Waals surface area contributed by atoms with E-state index in [2.05, 4.69) is 6.07 Å². The predicted octanol–water partition coefficient (Wildman–Crippen LogP) is 1.17. The molecule has 1 aliphatic carbocycles. The fourth-order valence-electron chi connectivity index (χ4n) is 1.77. The van der Waals surface area contributed by atoms with Crippen LogP contribution in [0.15, 0.2) is 0 Å². The second-order valence-corrected chi connectivity index (χ2v) is 4.18. The second kappa shape index (κ2) is 5.13. The van der Waals surface area contributed by atoms with Crippen LogP contribution in [0.2, 0.25) is 0 Å². The van der Waals surface area contributed by atoms with Gasteiger partial charge >= 0.3 is 5.97 Å². The number of hydrogen-bond donors (Lipinski definition) is 0. The Morgan fingerprint density at radius 2 is 2.27 bits per heavy atom. The Kier molecular flexibility index (Phi) is 4.10. The molecule has 15 heavy (non-hydrogen) atoms. The molecule has 0 aromatic heterocycles. The number of carbonyl (C=O) groups is 1. The van der Waals surface area contributed by atoms with Crippen molar-refractivity contribution in [3.8, 4) is 6.07 Å². The molecule has 1 aliphatic rings. The first-order valence-electron chi connectivity index (χ1n) is 5.28. The van der Waals surface area contributed by atoms with E-state index in [4.69, 9.17) is 10.00 Å². The number of esters is 1. The molecule has 1 rings (SSSR count). The van der Waals surface area contributed by atoms with Gasteiger partial charge in [0.1, 0.15) is 6.04 Å². The Bertz CT molecular complexity index is 268. The Morgan fingerprint density at radius 1 is 1.67 bits per heavy atom. The first-order valence-corrected chi connectivity index (χ1v) is 5.28. The zero-order valence-corrected chi connectivity index (χ0v) is 9.56. The molecule has 0 aromatic carbocycles. The van der Waals surface area contributed by atoms with Gasteiger partial charge in [0.25, 0.3) is 0 Å². The van der Waals surface area contributed by atoms with Crippen molar-refractivity contribution in [2.45, 2.75) is 38.3 Å². The molecule has 1 saturated carbocycles. The fourth-order valence-corrected chi connectivity index (χ4v) is 1.77. The molecule has 0 amide bonds. The number of nitrogens with zero attached hydrogens (tertiary/aromatic N) is 2. The summed E-state index contributed by atoms with van der Waals surface area (Å²) in [6.07, 6.45) is 2.61. The third-order valence-corrected chi connectivity index (χ3v) is 3.03. The van der Waals surface area contributed by atoms with Gasteiger partial charge in [0, 0.05) is 6.04 Å². The molecule has 0 saturated heterocycles. The average Bonchev–Trinajstić information content (AvgIpc) is 3.02. The molecule has 2 atom stereocenters. The van der Waals surface area contributed by atoms with Crippen LogP contribution < -0.4 is 0 Å². The minimum Gasteiger partial charge on any atom is -0.468 e. The zero-order chi connectivity index (χ0) is 11.4. The van der Waals surface area contributed by atoms with Crippen molar-refractivity contribution < 1.29 is 9.53 Å². The Labute approximate surface area is 90.8 Å². The van der Waals surface area contributed by atoms with Crippen LogP contribution in [0.5, 0.6) is 0 Å². The molecule has 0 spiro atoms. The number of nitriles is 1. The van der Waals surface area contributed by atoms with E-state index in [-0.39, 0.29) is 18.1 Å². The molecule has 0 bridgehead atoms. The lowest BCUT2D eigenvalue weighted by Gasteiger charge is -2.30. The minimum atomic E-state index is -0.176. The van der Waals surface area contributed by atoms with Crippen molar-refractivity contribution in [2.75, 3.05) is 14.2 Å². The van der Waals surface area contributed by atoms with Gasteiger partial charge in [0.2, 0.25) is 0 Å². The second-order valence-electron chi connectivity index (χ2n) is 4.18. The summed E-state index contributed by atoms with van der Waals surface area (Å²) in [5, 5.41) is 8.62. The summed E-state index contributed by atoms with van der Waals surface area (Å²) in [4.78, 5) is 13.6. The maximum atomic E-state index is 11.6. The lowest BCUT2D eigenvalue weighted by Crippen LogP contribution is -2.45. The van der Waals surface area contributed by atoms with Crippen LogP contribution in [-0.4, -0.2) is 37.1 Å². The van der Waals surface area contributed by atoms with E-state index in [0.717, 1.165) is 12.8 Å². The van der Waals surface area contributed by atoms with E-state index in [0.29, 0.717) is 12.3 Å². The van der Waals surface area contributed by atoms with Gasteiger partial charge in [-0.25, -0.2) is 0 Å². The highest BCUT2D eigenvalue weighted by Crippen LogP contribution is 2.36. The normalized spacial score (nSPS) is 19.4. The number of likely N-dealkylation sites (N-methyl/N-ethyl adjacent to an activating group) is 1. The highest BCUT2D eigenvalue weighted by molar-refractivity contribution is 5.76. The summed E-state index contributed by atoms with van der Waals surface area (Å²) in [6, 6.07) is 2.05. The van der Waals surface area contributed by atoms with Crippen LogP contribution in [0.1, 0.15) is 26.2 Å². The number of methoxy groups -OCH3 is 1. The monoisotopic (exact) mass is 210 g/mol. The quantitative estimate of drug-likeness (QED) is 0.639. The molecular weight excluding hydrogens is 192 g/mol. The summed E-state index contributed by atoms with van der Waals surface area (Å²) in [7, 11) is 3.31. The number of ether oxygens (including phenoxy) is 1. The number of rotatable bonds is 5. The van der Waals surface area contributed by atoms with Gasteiger partial charge in [-0.2, -0.15) is 5.26 Å². The Morgan fingerprint density at radius 3 is 2.67 bits per heavy atom. The van der Waals surface area contributed by atoms with Crippen LogP contribution in [-0.2, 0) is 9.53 Å². The first-order chi connectivity index (χ1) is 7.11. The van der Waals surface area contributed by atoms with Crippen molar-refractivity contribution in [1.29, 1.82) is 5.26 Å². The van der Waals surface area contributed by atoms with Crippen LogP contribution >= 0.6 is 0 Å². The first kappa shape index (κ1) is 12.0. The third kappa shape index (κ3) is 2.93. The van der Waals surface area contributed by atoms with E-state index in [9.17, 15) is 4.79 Å². The molecule has 4 heteroatoms. The van der Waals surface area contributed by atoms with Gasteiger partial charge in [-0.15, -0.1) is 0 Å². The van der Waals surface area contributed by atoms with Gasteiger partial charge in [-0.3, -0.25) is 9.69 Å². The van der Waals surface area contributed by atoms with Gasteiger partial charge in [0.05, 0.1) is 19.6 Å². The Hall–Kier alpha value is -1.08. The van der Waals surface area contributed by atoms with Crippen molar-refractivity contribution >= 4 is 5.97 Å². The van der Waals surface area contributed by atoms with E-state index >= 15 is 0 Å². The standard InChI is InChI=1S/C11H18N2O2/c1-8(6-7-12)13(2)10(9-4-5-9)11(14)15-3/h8-10H,4-6H2,1-3H3. The largest absolute Gasteiger partial charge is 0.468 e. The van der Waals surface area contributed by atoms with Crippen LogP contribution in [0.3, 0.4) is 0 Å². The summed E-state index contributed by atoms with van der Waals surface area (Å²) >= 11 is 0. The lowest BCUT2D eigenvalue weighted by atomic mass is 10.1. The highest BCUT2D eigenvalue weighted by Gasteiger charge is 2.40. The molecule has 0 heterocycles. The fraction of sp³-hybridized carbons (Fsp3) is 0.818. The summed E-state index contributed by atoms with van der Waals surface area (Å²) in [6.45, 7) is 1.96. The predicted molar refractivity (Wildman–Crippen MR) is 56.0 cm³/mol. The van der Waals surface area contributed by atoms with Crippen molar-refractivity contribution in [3.63, 3.8) is 0 Å². The van der Waals surface area contributed by atoms with Gasteiger partial charge in [-0.1, -0.05) is 0 Å². The van der Waals surface area contributed by atoms with Crippen molar-refractivity contribution in [3.05, 3.63) is 0 Å². The van der Waals surface area contributed by atoms with Crippen LogP contribution in [0, 0.1) is 17.2 Å². The molecule has 0 aliphatic heterocycles.